The lowest BCUT2D eigenvalue weighted by molar-refractivity contribution is -0.146. The van der Waals surface area contributed by atoms with Gasteiger partial charge in [0.2, 0.25) is 0 Å². The van der Waals surface area contributed by atoms with E-state index in [0.29, 0.717) is 6.42 Å². The second-order valence-corrected chi connectivity index (χ2v) is 9.15. The predicted molar refractivity (Wildman–Crippen MR) is 126 cm³/mol. The minimum absolute atomic E-state index is 0.178. The molecule has 0 radical (unpaired) electrons. The second kappa shape index (κ2) is 24.0. The molecular weight excluding hydrogens is 382 g/mol. The average molecular weight is 432 g/mol. The van der Waals surface area contributed by atoms with Gasteiger partial charge in [0.15, 0.2) is 0 Å². The van der Waals surface area contributed by atoms with Crippen molar-refractivity contribution in [2.45, 2.75) is 155 Å². The molecule has 0 fully saturated rings. The second-order valence-electron chi connectivity index (χ2n) is 8.83. The van der Waals surface area contributed by atoms with Gasteiger partial charge in [-0.1, -0.05) is 142 Å². The molecule has 0 atom stereocenters. The molecule has 0 aromatic heterocycles. The summed E-state index contributed by atoms with van der Waals surface area (Å²) in [5.41, 5.74) is 0. The molecule has 0 saturated heterocycles. The van der Waals surface area contributed by atoms with Crippen molar-refractivity contribution >= 4 is 17.7 Å². The highest BCUT2D eigenvalue weighted by molar-refractivity contribution is 6.19. The van der Waals surface area contributed by atoms with Crippen molar-refractivity contribution in [2.75, 3.05) is 0 Å². The molecule has 0 aliphatic rings. The Bertz CT molecular complexity index is 337. The molecule has 0 unspecified atom stereocenters. The number of rotatable bonds is 23. The van der Waals surface area contributed by atoms with Gasteiger partial charge in [0, 0.05) is 18.2 Å². The first kappa shape index (κ1) is 28.7. The van der Waals surface area contributed by atoms with E-state index in [9.17, 15) is 4.79 Å². The third kappa shape index (κ3) is 23.9. The van der Waals surface area contributed by atoms with Crippen LogP contribution in [0.15, 0.2) is 0 Å². The summed E-state index contributed by atoms with van der Waals surface area (Å²) in [5.74, 6) is -0.403. The van der Waals surface area contributed by atoms with Gasteiger partial charge in [-0.15, -0.1) is 4.58 Å². The highest BCUT2D eigenvalue weighted by atomic mass is 35.5. The van der Waals surface area contributed by atoms with E-state index in [1.165, 1.54) is 128 Å². The first-order valence-corrected chi connectivity index (χ1v) is 13.2. The van der Waals surface area contributed by atoms with Crippen molar-refractivity contribution in [3.8, 4) is 0 Å². The number of halogens is 1. The molecule has 3 nitrogen and oxygen atoms in total. The molecule has 0 aromatic carbocycles. The van der Waals surface area contributed by atoms with Gasteiger partial charge in [-0.2, -0.15) is 0 Å². The van der Waals surface area contributed by atoms with Crippen LogP contribution in [-0.4, -0.2) is 15.7 Å². The Morgan fingerprint density at radius 2 is 0.793 bits per heavy atom. The van der Waals surface area contributed by atoms with Crippen LogP contribution < -0.4 is 0 Å². The average Bonchev–Trinajstić information content (AvgIpc) is 2.71. The van der Waals surface area contributed by atoms with Crippen molar-refractivity contribution in [2.24, 2.45) is 0 Å². The van der Waals surface area contributed by atoms with Crippen molar-refractivity contribution in [1.29, 1.82) is 0 Å². The number of amides is 1. The zero-order valence-corrected chi connectivity index (χ0v) is 20.2. The molecule has 174 valence electrons. The van der Waals surface area contributed by atoms with E-state index in [2.05, 4.69) is 6.92 Å². The van der Waals surface area contributed by atoms with Gasteiger partial charge in [-0.25, -0.2) is 0 Å². The number of hydroxylamine groups is 1. The van der Waals surface area contributed by atoms with Crippen LogP contribution in [0.1, 0.15) is 155 Å². The summed E-state index contributed by atoms with van der Waals surface area (Å²) >= 11 is 5.17. The molecule has 0 rings (SSSR count). The maximum absolute atomic E-state index is 11.1. The van der Waals surface area contributed by atoms with Gasteiger partial charge in [0.1, 0.15) is 0 Å². The zero-order chi connectivity index (χ0) is 21.4. The fourth-order valence-corrected chi connectivity index (χ4v) is 4.06. The number of unbranched alkanes of at least 4 members (excludes halogenated alkanes) is 21. The first-order valence-electron chi connectivity index (χ1n) is 12.9. The van der Waals surface area contributed by atoms with Gasteiger partial charge in [0.25, 0.3) is 5.91 Å². The van der Waals surface area contributed by atoms with E-state index >= 15 is 0 Å². The van der Waals surface area contributed by atoms with Crippen LogP contribution >= 0.6 is 11.8 Å². The Hall–Kier alpha value is -0.280. The normalized spacial score (nSPS) is 11.1. The van der Waals surface area contributed by atoms with E-state index in [4.69, 9.17) is 17.0 Å². The van der Waals surface area contributed by atoms with Gasteiger partial charge in [-0.05, 0) is 6.42 Å². The lowest BCUT2D eigenvalue weighted by atomic mass is 10.0. The molecule has 0 aliphatic heterocycles. The van der Waals surface area contributed by atoms with E-state index in [1.807, 2.05) is 0 Å². The molecule has 0 spiro atoms. The molecule has 0 saturated carbocycles. The molecule has 0 bridgehead atoms. The maximum atomic E-state index is 11.1. The SMILES string of the molecule is CCCCCCCCCCCCCCCCCCCCCCCCC(=O)N(O)Cl. The smallest absolute Gasteiger partial charge is 0.261 e. The third-order valence-electron chi connectivity index (χ3n) is 5.95. The summed E-state index contributed by atoms with van der Waals surface area (Å²) in [4.78, 5) is 11.1. The largest absolute Gasteiger partial charge is 0.271 e. The van der Waals surface area contributed by atoms with Crippen LogP contribution in [0, 0.1) is 0 Å². The van der Waals surface area contributed by atoms with Crippen LogP contribution in [0.2, 0.25) is 0 Å². The monoisotopic (exact) mass is 431 g/mol. The van der Waals surface area contributed by atoms with Gasteiger partial charge >= 0.3 is 0 Å². The Morgan fingerprint density at radius 3 is 1.03 bits per heavy atom. The quantitative estimate of drug-likeness (QED) is 0.0756. The van der Waals surface area contributed by atoms with Crippen LogP contribution in [0.5, 0.6) is 0 Å². The number of hydrogen-bond donors (Lipinski definition) is 1. The summed E-state index contributed by atoms with van der Waals surface area (Å²) < 4.78 is 0.178. The Labute approximate surface area is 187 Å². The van der Waals surface area contributed by atoms with Crippen molar-refractivity contribution in [3.63, 3.8) is 0 Å². The van der Waals surface area contributed by atoms with Crippen LogP contribution in [0.3, 0.4) is 0 Å². The summed E-state index contributed by atoms with van der Waals surface area (Å²) in [6.07, 6.45) is 30.2. The number of carbonyl (C=O) groups is 1. The fourth-order valence-electron chi connectivity index (χ4n) is 3.98. The van der Waals surface area contributed by atoms with E-state index in [1.54, 1.807) is 0 Å². The molecular formula is C25H50ClNO2. The standard InChI is InChI=1S/C25H50ClNO2/c1-2-3-4-5-6-7-8-9-10-11-12-13-14-15-16-17-18-19-20-21-22-23-24-25(28)27(26)29/h29H,2-24H2,1H3. The van der Waals surface area contributed by atoms with E-state index in [-0.39, 0.29) is 4.58 Å². The van der Waals surface area contributed by atoms with Crippen LogP contribution in [0.4, 0.5) is 0 Å². The summed E-state index contributed by atoms with van der Waals surface area (Å²) in [6, 6.07) is 0. The van der Waals surface area contributed by atoms with Gasteiger partial charge < -0.3 is 0 Å². The van der Waals surface area contributed by atoms with Crippen molar-refractivity contribution in [3.05, 3.63) is 0 Å². The Morgan fingerprint density at radius 1 is 0.552 bits per heavy atom. The molecule has 0 aromatic rings. The Kier molecular flexibility index (Phi) is 23.8. The molecule has 1 N–H and O–H groups in total. The molecule has 0 heterocycles. The minimum Gasteiger partial charge on any atom is -0.271 e. The van der Waals surface area contributed by atoms with E-state index in [0.717, 1.165) is 12.8 Å². The van der Waals surface area contributed by atoms with Crippen LogP contribution in [0.25, 0.3) is 0 Å². The lowest BCUT2D eigenvalue weighted by Gasteiger charge is -2.05. The highest BCUT2D eigenvalue weighted by Gasteiger charge is 2.06. The van der Waals surface area contributed by atoms with Crippen LogP contribution in [-0.2, 0) is 4.79 Å². The maximum Gasteiger partial charge on any atom is 0.261 e. The summed E-state index contributed by atoms with van der Waals surface area (Å²) in [7, 11) is 0. The van der Waals surface area contributed by atoms with Gasteiger partial charge in [-0.3, -0.25) is 10.0 Å². The fraction of sp³-hybridized carbons (Fsp3) is 0.960. The lowest BCUT2D eigenvalue weighted by Crippen LogP contribution is -2.16. The Balaban J connectivity index is 3.04. The zero-order valence-electron chi connectivity index (χ0n) is 19.4. The topological polar surface area (TPSA) is 40.5 Å². The molecule has 4 heteroatoms. The minimum atomic E-state index is -0.403. The number of carbonyl (C=O) groups excluding carboxylic acids is 1. The van der Waals surface area contributed by atoms with E-state index < -0.39 is 5.91 Å². The third-order valence-corrected chi connectivity index (χ3v) is 6.14. The number of nitrogens with zero attached hydrogens (tertiary/aromatic N) is 1. The first-order chi connectivity index (χ1) is 14.2. The molecule has 29 heavy (non-hydrogen) atoms. The molecule has 1 amide bonds. The summed E-state index contributed by atoms with van der Waals surface area (Å²) in [6.45, 7) is 2.29. The molecule has 0 aliphatic carbocycles. The van der Waals surface area contributed by atoms with Gasteiger partial charge in [0.05, 0.1) is 0 Å². The van der Waals surface area contributed by atoms with Crippen molar-refractivity contribution in [1.82, 2.24) is 4.58 Å². The highest BCUT2D eigenvalue weighted by Crippen LogP contribution is 2.15. The number of hydrogen-bond acceptors (Lipinski definition) is 2. The van der Waals surface area contributed by atoms with Crippen molar-refractivity contribution < 1.29 is 10.0 Å². The summed E-state index contributed by atoms with van der Waals surface area (Å²) in [5, 5.41) is 8.74. The predicted octanol–water partition coefficient (Wildman–Crippen LogP) is 9.35.